The highest BCUT2D eigenvalue weighted by Gasteiger charge is 2.22. The predicted molar refractivity (Wildman–Crippen MR) is 67.3 cm³/mol. The summed E-state index contributed by atoms with van der Waals surface area (Å²) in [6, 6.07) is 0. The molecule has 0 fully saturated rings. The molecule has 0 bridgehead atoms. The summed E-state index contributed by atoms with van der Waals surface area (Å²) in [7, 11) is 0. The van der Waals surface area contributed by atoms with Crippen molar-refractivity contribution in [3.63, 3.8) is 0 Å². The third kappa shape index (κ3) is 3.09. The Morgan fingerprint density at radius 3 is 2.50 bits per heavy atom. The molecule has 14 heavy (non-hydrogen) atoms. The molecule has 4 heteroatoms. The van der Waals surface area contributed by atoms with Gasteiger partial charge in [-0.2, -0.15) is 5.10 Å². The van der Waals surface area contributed by atoms with Crippen LogP contribution in [0.5, 0.6) is 0 Å². The molecule has 0 aromatic carbocycles. The van der Waals surface area contributed by atoms with E-state index >= 15 is 0 Å². The maximum atomic E-state index is 4.27. The van der Waals surface area contributed by atoms with Gasteiger partial charge in [0.15, 0.2) is 0 Å². The molecule has 0 radical (unpaired) electrons. The molecule has 1 heterocycles. The summed E-state index contributed by atoms with van der Waals surface area (Å²) in [5, 5.41) is 6.28. The first-order chi connectivity index (χ1) is 6.63. The van der Waals surface area contributed by atoms with Crippen LogP contribution in [0.25, 0.3) is 0 Å². The van der Waals surface area contributed by atoms with Crippen molar-refractivity contribution in [2.24, 2.45) is 5.41 Å². The van der Waals surface area contributed by atoms with Crippen LogP contribution in [0.2, 0.25) is 0 Å². The molecule has 1 aromatic rings. The highest BCUT2D eigenvalue weighted by molar-refractivity contribution is 9.09. The van der Waals surface area contributed by atoms with Crippen LogP contribution < -0.4 is 0 Å². The number of halogens is 2. The normalized spacial score (nSPS) is 12.0. The highest BCUT2D eigenvalue weighted by Crippen LogP contribution is 2.27. The molecule has 0 aliphatic carbocycles. The van der Waals surface area contributed by atoms with Gasteiger partial charge in [-0.25, -0.2) is 0 Å². The molecule has 0 N–H and O–H groups in total. The summed E-state index contributed by atoms with van der Waals surface area (Å²) in [4.78, 5) is 0. The Labute approximate surface area is 102 Å². The van der Waals surface area contributed by atoms with Crippen molar-refractivity contribution in [3.05, 3.63) is 18.0 Å². The van der Waals surface area contributed by atoms with E-state index in [0.717, 1.165) is 23.6 Å². The van der Waals surface area contributed by atoms with Crippen molar-refractivity contribution in [1.82, 2.24) is 9.78 Å². The van der Waals surface area contributed by atoms with Gasteiger partial charge in [0.25, 0.3) is 0 Å². The maximum Gasteiger partial charge on any atom is 0.0521 e. The average molecular weight is 324 g/mol. The van der Waals surface area contributed by atoms with Gasteiger partial charge in [0.1, 0.15) is 0 Å². The van der Waals surface area contributed by atoms with Crippen molar-refractivity contribution < 1.29 is 0 Å². The van der Waals surface area contributed by atoms with E-state index in [9.17, 15) is 0 Å². The summed E-state index contributed by atoms with van der Waals surface area (Å²) in [5.74, 6) is 0. The molecule has 0 aliphatic rings. The Morgan fingerprint density at radius 2 is 2.07 bits per heavy atom. The second kappa shape index (κ2) is 5.31. The quantitative estimate of drug-likeness (QED) is 0.761. The Morgan fingerprint density at radius 1 is 1.43 bits per heavy atom. The van der Waals surface area contributed by atoms with Crippen LogP contribution >= 0.6 is 31.9 Å². The van der Waals surface area contributed by atoms with Gasteiger partial charge in [-0.15, -0.1) is 0 Å². The summed E-state index contributed by atoms with van der Waals surface area (Å²) >= 11 is 7.11. The third-order valence-corrected chi connectivity index (χ3v) is 4.99. The second-order valence-corrected chi connectivity index (χ2v) is 5.08. The van der Waals surface area contributed by atoms with E-state index in [-0.39, 0.29) is 5.41 Å². The van der Waals surface area contributed by atoms with Crippen LogP contribution in [-0.4, -0.2) is 20.4 Å². The highest BCUT2D eigenvalue weighted by atomic mass is 79.9. The summed E-state index contributed by atoms with van der Waals surface area (Å²) < 4.78 is 1.97. The van der Waals surface area contributed by atoms with E-state index in [4.69, 9.17) is 0 Å². The summed E-state index contributed by atoms with van der Waals surface area (Å²) in [5.41, 5.74) is 1.59. The zero-order chi connectivity index (χ0) is 10.6. The van der Waals surface area contributed by atoms with E-state index in [1.807, 2.05) is 10.9 Å². The largest absolute Gasteiger partial charge is 0.273 e. The first kappa shape index (κ1) is 12.2. The summed E-state index contributed by atoms with van der Waals surface area (Å²) in [6.45, 7) is 5.31. The van der Waals surface area contributed by atoms with Gasteiger partial charge in [-0.05, 0) is 24.3 Å². The molecule has 0 saturated heterocycles. The zero-order valence-electron chi connectivity index (χ0n) is 8.63. The number of rotatable bonds is 5. The second-order valence-electron chi connectivity index (χ2n) is 3.96. The smallest absolute Gasteiger partial charge is 0.0521 e. The fourth-order valence-electron chi connectivity index (χ4n) is 1.29. The van der Waals surface area contributed by atoms with Crippen LogP contribution in [0, 0.1) is 5.41 Å². The van der Waals surface area contributed by atoms with E-state index < -0.39 is 0 Å². The van der Waals surface area contributed by atoms with E-state index in [0.29, 0.717) is 0 Å². The molecule has 0 unspecified atom stereocenters. The molecule has 0 saturated carbocycles. The minimum atomic E-state index is 0.279. The number of hydrogen-bond donors (Lipinski definition) is 0. The monoisotopic (exact) mass is 322 g/mol. The van der Waals surface area contributed by atoms with Gasteiger partial charge < -0.3 is 0 Å². The zero-order valence-corrected chi connectivity index (χ0v) is 11.8. The van der Waals surface area contributed by atoms with Crippen molar-refractivity contribution in [2.75, 3.05) is 10.7 Å². The van der Waals surface area contributed by atoms with Gasteiger partial charge in [-0.3, -0.25) is 4.68 Å². The molecule has 0 aliphatic heterocycles. The minimum Gasteiger partial charge on any atom is -0.273 e. The molecule has 0 amide bonds. The Kier molecular flexibility index (Phi) is 4.64. The SMILES string of the molecule is CCn1cc(CC(C)(CBr)CBr)cn1. The fraction of sp³-hybridized carbons (Fsp3) is 0.700. The lowest BCUT2D eigenvalue weighted by Crippen LogP contribution is -2.23. The van der Waals surface area contributed by atoms with E-state index in [2.05, 4.69) is 57.0 Å². The van der Waals surface area contributed by atoms with Gasteiger partial charge >= 0.3 is 0 Å². The molecule has 0 spiro atoms. The van der Waals surface area contributed by atoms with Gasteiger partial charge in [0.2, 0.25) is 0 Å². The number of nitrogens with zero attached hydrogens (tertiary/aromatic N) is 2. The van der Waals surface area contributed by atoms with Crippen LogP contribution in [0.3, 0.4) is 0 Å². The van der Waals surface area contributed by atoms with E-state index in [1.165, 1.54) is 5.56 Å². The molecular weight excluding hydrogens is 308 g/mol. The van der Waals surface area contributed by atoms with Crippen molar-refractivity contribution in [1.29, 1.82) is 0 Å². The van der Waals surface area contributed by atoms with Crippen molar-refractivity contribution >= 4 is 31.9 Å². The molecule has 80 valence electrons. The molecule has 1 rings (SSSR count). The topological polar surface area (TPSA) is 17.8 Å². The fourth-order valence-corrected chi connectivity index (χ4v) is 2.62. The van der Waals surface area contributed by atoms with Crippen molar-refractivity contribution in [2.45, 2.75) is 26.8 Å². The van der Waals surface area contributed by atoms with Crippen LogP contribution in [0.1, 0.15) is 19.4 Å². The maximum absolute atomic E-state index is 4.27. The lowest BCUT2D eigenvalue weighted by atomic mass is 9.89. The minimum absolute atomic E-state index is 0.279. The van der Waals surface area contributed by atoms with Gasteiger partial charge in [0, 0.05) is 23.4 Å². The molecule has 1 aromatic heterocycles. The number of aromatic nitrogens is 2. The first-order valence-electron chi connectivity index (χ1n) is 4.77. The van der Waals surface area contributed by atoms with Crippen LogP contribution in [0.15, 0.2) is 12.4 Å². The average Bonchev–Trinajstić information content (AvgIpc) is 2.65. The molecule has 2 nitrogen and oxygen atoms in total. The molecular formula is C10H16Br2N2. The number of aryl methyl sites for hydroxylation is 1. The standard InChI is InChI=1S/C10H16Br2N2/c1-3-14-6-9(5-13-14)4-10(2,7-11)8-12/h5-6H,3-4,7-8H2,1-2H3. The van der Waals surface area contributed by atoms with Crippen LogP contribution in [0.4, 0.5) is 0 Å². The molecule has 0 atom stereocenters. The van der Waals surface area contributed by atoms with Gasteiger partial charge in [0.05, 0.1) is 6.20 Å². The lowest BCUT2D eigenvalue weighted by molar-refractivity contribution is 0.438. The summed E-state index contributed by atoms with van der Waals surface area (Å²) in [6.07, 6.45) is 5.15. The van der Waals surface area contributed by atoms with Crippen LogP contribution in [-0.2, 0) is 13.0 Å². The Hall–Kier alpha value is 0.170. The predicted octanol–water partition coefficient (Wildman–Crippen LogP) is 3.24. The third-order valence-electron chi connectivity index (χ3n) is 2.29. The Balaban J connectivity index is 2.67. The number of alkyl halides is 2. The van der Waals surface area contributed by atoms with Gasteiger partial charge in [-0.1, -0.05) is 38.8 Å². The first-order valence-corrected chi connectivity index (χ1v) is 7.01. The Bertz CT molecular complexity index is 279. The number of hydrogen-bond acceptors (Lipinski definition) is 1. The van der Waals surface area contributed by atoms with Crippen molar-refractivity contribution in [3.8, 4) is 0 Å². The lowest BCUT2D eigenvalue weighted by Gasteiger charge is -2.23. The van der Waals surface area contributed by atoms with E-state index in [1.54, 1.807) is 0 Å².